The second kappa shape index (κ2) is 3.38. The normalized spacial score (nSPS) is 9.00. The smallest absolute Gasteiger partial charge is 0.162 e. The number of nitriles is 2. The van der Waals surface area contributed by atoms with Crippen molar-refractivity contribution in [2.75, 3.05) is 0 Å². The second-order valence-corrected chi connectivity index (χ2v) is 2.54. The zero-order chi connectivity index (χ0) is 10.0. The van der Waals surface area contributed by atoms with Gasteiger partial charge in [-0.3, -0.25) is 0 Å². The maximum absolute atomic E-state index is 13.0. The first-order chi connectivity index (χ1) is 6.11. The molecule has 0 radical (unpaired) electrons. The first-order valence-corrected chi connectivity index (χ1v) is 3.47. The van der Waals surface area contributed by atoms with Gasteiger partial charge >= 0.3 is 0 Å². The largest absolute Gasteiger partial charge is 0.204 e. The highest BCUT2D eigenvalue weighted by Crippen LogP contribution is 2.23. The maximum Gasteiger partial charge on any atom is 0.162 e. The molecule has 0 fully saturated rings. The minimum atomic E-state index is -1.17. The molecule has 1 rings (SSSR count). The fourth-order valence-electron chi connectivity index (χ4n) is 0.783. The Labute approximate surface area is 77.6 Å². The summed E-state index contributed by atoms with van der Waals surface area (Å²) in [7, 11) is 0. The molecule has 64 valence electrons. The fraction of sp³-hybridized carbons (Fsp3) is 0. The van der Waals surface area contributed by atoms with Gasteiger partial charge < -0.3 is 0 Å². The minimum Gasteiger partial charge on any atom is -0.204 e. The molecule has 0 saturated heterocycles. The zero-order valence-electron chi connectivity index (χ0n) is 6.11. The lowest BCUT2D eigenvalue weighted by Crippen LogP contribution is -1.95. The number of hydrogen-bond donors (Lipinski definition) is 0. The summed E-state index contributed by atoms with van der Waals surface area (Å²) in [6.45, 7) is 0. The Kier molecular flexibility index (Phi) is 2.46. The molecule has 0 amide bonds. The predicted molar refractivity (Wildman–Crippen MR) is 40.8 cm³/mol. The molecule has 0 atom stereocenters. The van der Waals surface area contributed by atoms with E-state index in [4.69, 9.17) is 22.1 Å². The van der Waals surface area contributed by atoms with Crippen LogP contribution in [0.25, 0.3) is 0 Å². The van der Waals surface area contributed by atoms with Crippen molar-refractivity contribution in [2.24, 2.45) is 0 Å². The van der Waals surface area contributed by atoms with Gasteiger partial charge in [0.2, 0.25) is 0 Å². The number of benzene rings is 1. The Morgan fingerprint density at radius 2 is 1.77 bits per heavy atom. The van der Waals surface area contributed by atoms with Crippen LogP contribution in [0.2, 0.25) is 5.02 Å². The van der Waals surface area contributed by atoms with Gasteiger partial charge in [-0.2, -0.15) is 10.5 Å². The van der Waals surface area contributed by atoms with Crippen molar-refractivity contribution in [3.63, 3.8) is 0 Å². The van der Waals surface area contributed by atoms with Crippen molar-refractivity contribution < 1.29 is 8.78 Å². The lowest BCUT2D eigenvalue weighted by atomic mass is 10.1. The van der Waals surface area contributed by atoms with Gasteiger partial charge in [0, 0.05) is 0 Å². The molecule has 0 spiro atoms. The molecule has 0 aliphatic carbocycles. The van der Waals surface area contributed by atoms with Gasteiger partial charge in [-0.15, -0.1) is 0 Å². The first-order valence-electron chi connectivity index (χ1n) is 3.09. The van der Waals surface area contributed by atoms with Crippen LogP contribution in [0.15, 0.2) is 6.07 Å². The first kappa shape index (κ1) is 9.44. The Morgan fingerprint density at radius 3 is 2.23 bits per heavy atom. The molecule has 0 aliphatic rings. The molecule has 5 heteroatoms. The highest BCUT2D eigenvalue weighted by atomic mass is 35.5. The van der Waals surface area contributed by atoms with Crippen LogP contribution in [0.4, 0.5) is 8.78 Å². The van der Waals surface area contributed by atoms with E-state index in [-0.39, 0.29) is 0 Å². The van der Waals surface area contributed by atoms with Crippen LogP contribution < -0.4 is 0 Å². The second-order valence-electron chi connectivity index (χ2n) is 2.13. The third-order valence-electron chi connectivity index (χ3n) is 1.39. The molecule has 0 unspecified atom stereocenters. The molecule has 2 nitrogen and oxygen atoms in total. The molecule has 0 saturated carbocycles. The molecule has 0 N–H and O–H groups in total. The average Bonchev–Trinajstić information content (AvgIpc) is 2.12. The van der Waals surface area contributed by atoms with E-state index in [9.17, 15) is 8.78 Å². The molecular weight excluding hydrogens is 198 g/mol. The summed E-state index contributed by atoms with van der Waals surface area (Å²) >= 11 is 5.30. The summed E-state index contributed by atoms with van der Waals surface area (Å²) in [4.78, 5) is 0. The van der Waals surface area contributed by atoms with Crippen molar-refractivity contribution >= 4 is 11.6 Å². The van der Waals surface area contributed by atoms with E-state index in [0.717, 1.165) is 6.07 Å². The van der Waals surface area contributed by atoms with E-state index >= 15 is 0 Å². The van der Waals surface area contributed by atoms with E-state index in [0.29, 0.717) is 0 Å². The van der Waals surface area contributed by atoms with Crippen LogP contribution in [0, 0.1) is 34.3 Å². The summed E-state index contributed by atoms with van der Waals surface area (Å²) in [6.07, 6.45) is 0. The summed E-state index contributed by atoms with van der Waals surface area (Å²) in [6, 6.07) is 3.59. The quantitative estimate of drug-likeness (QED) is 0.601. The molecule has 13 heavy (non-hydrogen) atoms. The maximum atomic E-state index is 13.0. The topological polar surface area (TPSA) is 47.6 Å². The Hall–Kier alpha value is -1.65. The zero-order valence-corrected chi connectivity index (χ0v) is 6.86. The van der Waals surface area contributed by atoms with E-state index in [1.165, 1.54) is 12.1 Å². The number of nitrogens with zero attached hydrogens (tertiary/aromatic N) is 2. The molecule has 0 bridgehead atoms. The van der Waals surface area contributed by atoms with Crippen LogP contribution in [0.1, 0.15) is 11.1 Å². The summed E-state index contributed by atoms with van der Waals surface area (Å²) in [5.74, 6) is -2.31. The third kappa shape index (κ3) is 1.44. The Bertz CT molecular complexity index is 443. The number of rotatable bonds is 0. The fourth-order valence-corrected chi connectivity index (χ4v) is 0.987. The van der Waals surface area contributed by atoms with Crippen LogP contribution in [0.5, 0.6) is 0 Å². The Balaban J connectivity index is 3.63. The lowest BCUT2D eigenvalue weighted by Gasteiger charge is -1.99. The minimum absolute atomic E-state index is 0.436. The van der Waals surface area contributed by atoms with Gasteiger partial charge in [-0.25, -0.2) is 8.78 Å². The summed E-state index contributed by atoms with van der Waals surface area (Å²) in [5.41, 5.74) is -1.27. The van der Waals surface area contributed by atoms with Crippen molar-refractivity contribution in [3.8, 4) is 12.1 Å². The Morgan fingerprint density at radius 1 is 1.15 bits per heavy atom. The van der Waals surface area contributed by atoms with Crippen LogP contribution >= 0.6 is 11.6 Å². The van der Waals surface area contributed by atoms with Crippen LogP contribution in [-0.2, 0) is 0 Å². The van der Waals surface area contributed by atoms with E-state index < -0.39 is 27.8 Å². The predicted octanol–water partition coefficient (Wildman–Crippen LogP) is 2.36. The van der Waals surface area contributed by atoms with Crippen molar-refractivity contribution in [1.82, 2.24) is 0 Å². The van der Waals surface area contributed by atoms with Crippen LogP contribution in [0.3, 0.4) is 0 Å². The van der Waals surface area contributed by atoms with Gasteiger partial charge in [0.25, 0.3) is 0 Å². The summed E-state index contributed by atoms with van der Waals surface area (Å²) < 4.78 is 25.8. The van der Waals surface area contributed by atoms with Crippen molar-refractivity contribution in [3.05, 3.63) is 33.9 Å². The monoisotopic (exact) mass is 198 g/mol. The molecule has 0 aliphatic heterocycles. The van der Waals surface area contributed by atoms with Gasteiger partial charge in [0.1, 0.15) is 17.7 Å². The average molecular weight is 199 g/mol. The molecule has 1 aromatic rings. The van der Waals surface area contributed by atoms with Crippen LogP contribution in [-0.4, -0.2) is 0 Å². The highest BCUT2D eigenvalue weighted by Gasteiger charge is 2.16. The van der Waals surface area contributed by atoms with Gasteiger partial charge in [0.15, 0.2) is 11.6 Å². The van der Waals surface area contributed by atoms with E-state index in [1.807, 2.05) is 0 Å². The number of hydrogen-bond acceptors (Lipinski definition) is 2. The standard InChI is InChI=1S/C8HClF2N2/c9-6-1-4(2-12)7(10)5(3-13)8(6)11/h1H. The molecule has 0 aromatic heterocycles. The van der Waals surface area contributed by atoms with Gasteiger partial charge in [0.05, 0.1) is 10.6 Å². The van der Waals surface area contributed by atoms with E-state index in [1.54, 1.807) is 0 Å². The number of halogens is 3. The highest BCUT2D eigenvalue weighted by molar-refractivity contribution is 6.31. The molecule has 1 aromatic carbocycles. The van der Waals surface area contributed by atoms with Crippen molar-refractivity contribution in [1.29, 1.82) is 10.5 Å². The lowest BCUT2D eigenvalue weighted by molar-refractivity contribution is 0.574. The van der Waals surface area contributed by atoms with Gasteiger partial charge in [-0.1, -0.05) is 11.6 Å². The van der Waals surface area contributed by atoms with E-state index in [2.05, 4.69) is 0 Å². The van der Waals surface area contributed by atoms with Crippen molar-refractivity contribution in [2.45, 2.75) is 0 Å². The summed E-state index contributed by atoms with van der Waals surface area (Å²) in [5, 5.41) is 16.3. The van der Waals surface area contributed by atoms with Gasteiger partial charge in [-0.05, 0) is 6.07 Å². The molecule has 0 heterocycles. The molecular formula is C8HClF2N2. The SMILES string of the molecule is N#Cc1cc(Cl)c(F)c(C#N)c1F. The third-order valence-corrected chi connectivity index (χ3v) is 1.66.